The summed E-state index contributed by atoms with van der Waals surface area (Å²) in [6.45, 7) is 2.12. The molecule has 0 unspecified atom stereocenters. The van der Waals surface area contributed by atoms with Crippen LogP contribution in [-0.2, 0) is 4.74 Å². The van der Waals surface area contributed by atoms with Crippen molar-refractivity contribution < 1.29 is 9.53 Å². The van der Waals surface area contributed by atoms with Crippen molar-refractivity contribution in [2.45, 2.75) is 16.7 Å². The van der Waals surface area contributed by atoms with Crippen LogP contribution in [-0.4, -0.2) is 12.6 Å². The summed E-state index contributed by atoms with van der Waals surface area (Å²) in [7, 11) is 0. The molecule has 0 aliphatic carbocycles. The molecule has 2 aromatic carbocycles. The Bertz CT molecular complexity index is 692. The zero-order valence-corrected chi connectivity index (χ0v) is 13.7. The summed E-state index contributed by atoms with van der Waals surface area (Å²) in [4.78, 5) is 13.8. The monoisotopic (exact) mass is 361 g/mol. The second kappa shape index (κ2) is 7.30. The van der Waals surface area contributed by atoms with Gasteiger partial charge in [0, 0.05) is 14.3 Å². The lowest BCUT2D eigenvalue weighted by Gasteiger charge is -2.09. The van der Waals surface area contributed by atoms with E-state index in [1.54, 1.807) is 25.1 Å². The molecule has 106 valence electrons. The summed E-state index contributed by atoms with van der Waals surface area (Å²) in [5.74, 6) is -0.338. The van der Waals surface area contributed by atoms with Gasteiger partial charge in [0.1, 0.15) is 0 Å². The maximum Gasteiger partial charge on any atom is 0.339 e. The largest absolute Gasteiger partial charge is 0.462 e. The lowest BCUT2D eigenvalue weighted by molar-refractivity contribution is 0.0522. The van der Waals surface area contributed by atoms with E-state index >= 15 is 0 Å². The van der Waals surface area contributed by atoms with Crippen LogP contribution in [0.3, 0.4) is 0 Å². The van der Waals surface area contributed by atoms with Crippen LogP contribution in [0.15, 0.2) is 56.7 Å². The SMILES string of the molecule is CCOC(=O)c1cc(Br)ccc1Sc1ccc(C#N)cc1. The Labute approximate surface area is 136 Å². The molecule has 2 rings (SSSR count). The van der Waals surface area contributed by atoms with E-state index in [1.165, 1.54) is 11.8 Å². The summed E-state index contributed by atoms with van der Waals surface area (Å²) < 4.78 is 5.91. The van der Waals surface area contributed by atoms with Gasteiger partial charge < -0.3 is 4.74 Å². The molecule has 5 heteroatoms. The highest BCUT2D eigenvalue weighted by molar-refractivity contribution is 9.10. The minimum absolute atomic E-state index is 0.338. The van der Waals surface area contributed by atoms with E-state index in [0.717, 1.165) is 14.3 Å². The second-order valence-electron chi connectivity index (χ2n) is 4.10. The molecular formula is C16H12BrNO2S. The molecule has 0 bridgehead atoms. The Morgan fingerprint density at radius 3 is 2.62 bits per heavy atom. The average molecular weight is 362 g/mol. The minimum atomic E-state index is -0.338. The molecule has 0 saturated carbocycles. The maximum absolute atomic E-state index is 12.0. The first kappa shape index (κ1) is 15.6. The van der Waals surface area contributed by atoms with Gasteiger partial charge in [0.25, 0.3) is 0 Å². The Kier molecular flexibility index (Phi) is 5.43. The van der Waals surface area contributed by atoms with Crippen molar-refractivity contribution in [1.82, 2.24) is 0 Å². The topological polar surface area (TPSA) is 50.1 Å². The molecule has 0 amide bonds. The average Bonchev–Trinajstić information content (AvgIpc) is 2.50. The van der Waals surface area contributed by atoms with Gasteiger partial charge in [-0.05, 0) is 49.4 Å². The number of halogens is 1. The zero-order chi connectivity index (χ0) is 15.2. The van der Waals surface area contributed by atoms with E-state index in [0.29, 0.717) is 17.7 Å². The number of benzene rings is 2. The van der Waals surface area contributed by atoms with Crippen LogP contribution in [0.4, 0.5) is 0 Å². The molecule has 0 saturated heterocycles. The van der Waals surface area contributed by atoms with Gasteiger partial charge in [0.05, 0.1) is 23.8 Å². The molecule has 0 fully saturated rings. The van der Waals surface area contributed by atoms with Gasteiger partial charge in [-0.3, -0.25) is 0 Å². The van der Waals surface area contributed by atoms with Gasteiger partial charge in [-0.25, -0.2) is 4.79 Å². The van der Waals surface area contributed by atoms with Gasteiger partial charge in [-0.2, -0.15) is 5.26 Å². The Balaban J connectivity index is 2.30. The van der Waals surface area contributed by atoms with Crippen LogP contribution in [0, 0.1) is 11.3 Å². The molecule has 3 nitrogen and oxygen atoms in total. The summed E-state index contributed by atoms with van der Waals surface area (Å²) in [6, 6.07) is 14.8. The fourth-order valence-corrected chi connectivity index (χ4v) is 2.96. The summed E-state index contributed by atoms with van der Waals surface area (Å²) in [5, 5.41) is 8.80. The molecule has 0 radical (unpaired) electrons. The van der Waals surface area contributed by atoms with Crippen molar-refractivity contribution in [3.8, 4) is 6.07 Å². The van der Waals surface area contributed by atoms with Gasteiger partial charge in [0.15, 0.2) is 0 Å². The van der Waals surface area contributed by atoms with Crippen molar-refractivity contribution in [3.63, 3.8) is 0 Å². The van der Waals surface area contributed by atoms with Crippen LogP contribution in [0.1, 0.15) is 22.8 Å². The number of ether oxygens (including phenoxy) is 1. The summed E-state index contributed by atoms with van der Waals surface area (Å²) >= 11 is 4.83. The minimum Gasteiger partial charge on any atom is -0.462 e. The number of rotatable bonds is 4. The number of hydrogen-bond acceptors (Lipinski definition) is 4. The molecule has 0 spiro atoms. The molecule has 2 aromatic rings. The molecule has 0 aliphatic rings. The Hall–Kier alpha value is -1.77. The van der Waals surface area contributed by atoms with E-state index in [9.17, 15) is 4.79 Å². The van der Waals surface area contributed by atoms with E-state index in [2.05, 4.69) is 22.0 Å². The van der Waals surface area contributed by atoms with E-state index in [4.69, 9.17) is 10.00 Å². The van der Waals surface area contributed by atoms with Crippen LogP contribution < -0.4 is 0 Å². The number of hydrogen-bond donors (Lipinski definition) is 0. The lowest BCUT2D eigenvalue weighted by Crippen LogP contribution is -2.06. The second-order valence-corrected chi connectivity index (χ2v) is 6.13. The lowest BCUT2D eigenvalue weighted by atomic mass is 10.2. The third-order valence-electron chi connectivity index (χ3n) is 2.65. The van der Waals surface area contributed by atoms with E-state index < -0.39 is 0 Å². The third kappa shape index (κ3) is 4.10. The van der Waals surface area contributed by atoms with Crippen molar-refractivity contribution in [1.29, 1.82) is 5.26 Å². The van der Waals surface area contributed by atoms with Crippen molar-refractivity contribution in [2.24, 2.45) is 0 Å². The summed E-state index contributed by atoms with van der Waals surface area (Å²) in [6.07, 6.45) is 0. The van der Waals surface area contributed by atoms with Crippen LogP contribution in [0.2, 0.25) is 0 Å². The van der Waals surface area contributed by atoms with Crippen molar-refractivity contribution >= 4 is 33.7 Å². The van der Waals surface area contributed by atoms with Crippen LogP contribution >= 0.6 is 27.7 Å². The number of nitrogens with zero attached hydrogens (tertiary/aromatic N) is 1. The molecule has 0 aromatic heterocycles. The highest BCUT2D eigenvalue weighted by Gasteiger charge is 2.14. The van der Waals surface area contributed by atoms with Gasteiger partial charge >= 0.3 is 5.97 Å². The zero-order valence-electron chi connectivity index (χ0n) is 11.3. The Morgan fingerprint density at radius 1 is 1.29 bits per heavy atom. The smallest absolute Gasteiger partial charge is 0.339 e. The number of carbonyl (C=O) groups excluding carboxylic acids is 1. The standard InChI is InChI=1S/C16H12BrNO2S/c1-2-20-16(19)14-9-12(17)5-8-15(14)21-13-6-3-11(10-18)4-7-13/h3-9H,2H2,1H3. The van der Waals surface area contributed by atoms with E-state index in [-0.39, 0.29) is 5.97 Å². The maximum atomic E-state index is 12.0. The van der Waals surface area contributed by atoms with Crippen molar-refractivity contribution in [2.75, 3.05) is 6.61 Å². The third-order valence-corrected chi connectivity index (χ3v) is 4.23. The molecular weight excluding hydrogens is 350 g/mol. The Morgan fingerprint density at radius 2 is 2.00 bits per heavy atom. The highest BCUT2D eigenvalue weighted by atomic mass is 79.9. The molecule has 0 heterocycles. The summed E-state index contributed by atoms with van der Waals surface area (Å²) in [5.41, 5.74) is 1.14. The predicted molar refractivity (Wildman–Crippen MR) is 85.4 cm³/mol. The fraction of sp³-hybridized carbons (Fsp3) is 0.125. The highest BCUT2D eigenvalue weighted by Crippen LogP contribution is 2.32. The quantitative estimate of drug-likeness (QED) is 0.743. The van der Waals surface area contributed by atoms with Gasteiger partial charge in [-0.15, -0.1) is 0 Å². The first-order valence-electron chi connectivity index (χ1n) is 6.28. The molecule has 0 N–H and O–H groups in total. The fourth-order valence-electron chi connectivity index (χ4n) is 1.68. The van der Waals surface area contributed by atoms with Crippen LogP contribution in [0.5, 0.6) is 0 Å². The number of nitriles is 1. The molecule has 0 atom stereocenters. The van der Waals surface area contributed by atoms with Crippen molar-refractivity contribution in [3.05, 3.63) is 58.1 Å². The first-order valence-corrected chi connectivity index (χ1v) is 7.89. The van der Waals surface area contributed by atoms with E-state index in [1.807, 2.05) is 24.3 Å². The van der Waals surface area contributed by atoms with Gasteiger partial charge in [-0.1, -0.05) is 27.7 Å². The first-order chi connectivity index (χ1) is 10.1. The molecule has 21 heavy (non-hydrogen) atoms. The predicted octanol–water partition coefficient (Wildman–Crippen LogP) is 4.65. The van der Waals surface area contributed by atoms with Crippen LogP contribution in [0.25, 0.3) is 0 Å². The normalized spacial score (nSPS) is 9.95. The number of carbonyl (C=O) groups is 1. The van der Waals surface area contributed by atoms with Gasteiger partial charge in [0.2, 0.25) is 0 Å². The molecule has 0 aliphatic heterocycles. The number of esters is 1.